The quantitative estimate of drug-likeness (QED) is 0.0411. The number of hydrogen-bond acceptors (Lipinski definition) is 6. The predicted molar refractivity (Wildman–Crippen MR) is 174 cm³/mol. The molecule has 0 aliphatic rings. The molecule has 0 heterocycles. The highest BCUT2D eigenvalue weighted by Crippen LogP contribution is 2.12. The molecule has 0 rings (SSSR count). The lowest BCUT2D eigenvalue weighted by atomic mass is 10.1. The molecule has 2 N–H and O–H groups in total. The first-order valence-electron chi connectivity index (χ1n) is 16.5. The molecule has 0 aliphatic heterocycles. The third-order valence-corrected chi connectivity index (χ3v) is 6.73. The number of unbranched alkanes of at least 4 members (excludes halogenated alkanes) is 10. The average molecular weight is 589 g/mol. The predicted octanol–water partition coefficient (Wildman–Crippen LogP) is 8.64. The van der Waals surface area contributed by atoms with Crippen LogP contribution in [0.3, 0.4) is 0 Å². The minimum Gasteiger partial charge on any atom is -0.462 e. The van der Waals surface area contributed by atoms with Gasteiger partial charge in [-0.2, -0.15) is 0 Å². The number of carbonyl (C=O) groups excluding carboxylic acids is 2. The second-order valence-corrected chi connectivity index (χ2v) is 10.7. The highest BCUT2D eigenvalue weighted by atomic mass is 16.6. The third-order valence-electron chi connectivity index (χ3n) is 6.73. The number of carbonyl (C=O) groups is 2. The molecule has 0 fully saturated rings. The monoisotopic (exact) mass is 588 g/mol. The average Bonchev–Trinajstić information content (AvgIpc) is 2.99. The number of ether oxygens (including phenoxy) is 2. The van der Waals surface area contributed by atoms with Gasteiger partial charge in [0, 0.05) is 12.8 Å². The zero-order valence-corrected chi connectivity index (χ0v) is 26.6. The van der Waals surface area contributed by atoms with Gasteiger partial charge in [0.05, 0.1) is 12.7 Å². The van der Waals surface area contributed by atoms with E-state index < -0.39 is 6.10 Å². The SMILES string of the molecule is CCCCCCCCCCCCC(=O)OC[C@H](CO)OC(=O)CCC/C=C\C/C=C\C/C=C\C/C=C\C=C\[C@H](O)CC. The first-order chi connectivity index (χ1) is 20.5. The van der Waals surface area contributed by atoms with Crippen LogP contribution >= 0.6 is 0 Å². The van der Waals surface area contributed by atoms with E-state index in [9.17, 15) is 19.8 Å². The van der Waals surface area contributed by atoms with Crippen LogP contribution in [0.5, 0.6) is 0 Å². The Labute approximate surface area is 256 Å². The fourth-order valence-electron chi connectivity index (χ4n) is 4.07. The molecule has 0 amide bonds. The maximum absolute atomic E-state index is 12.1. The molecule has 0 aromatic heterocycles. The van der Waals surface area contributed by atoms with Crippen LogP contribution in [0.4, 0.5) is 0 Å². The molecule has 0 aromatic carbocycles. The summed E-state index contributed by atoms with van der Waals surface area (Å²) in [7, 11) is 0. The Balaban J connectivity index is 3.77. The van der Waals surface area contributed by atoms with Crippen molar-refractivity contribution in [2.75, 3.05) is 13.2 Å². The molecule has 0 spiro atoms. The lowest BCUT2D eigenvalue weighted by Crippen LogP contribution is -2.28. The summed E-state index contributed by atoms with van der Waals surface area (Å²) in [6, 6.07) is 0. The lowest BCUT2D eigenvalue weighted by molar-refractivity contribution is -0.161. The Morgan fingerprint density at radius 3 is 1.81 bits per heavy atom. The van der Waals surface area contributed by atoms with Crippen molar-refractivity contribution in [2.24, 2.45) is 0 Å². The van der Waals surface area contributed by atoms with Crippen molar-refractivity contribution >= 4 is 11.9 Å². The number of aliphatic hydroxyl groups excluding tert-OH is 2. The summed E-state index contributed by atoms with van der Waals surface area (Å²) >= 11 is 0. The minimum atomic E-state index is -0.809. The Bertz CT molecular complexity index is 780. The maximum Gasteiger partial charge on any atom is 0.306 e. The zero-order valence-electron chi connectivity index (χ0n) is 26.6. The Morgan fingerprint density at radius 1 is 0.667 bits per heavy atom. The van der Waals surface area contributed by atoms with Crippen LogP contribution in [-0.2, 0) is 19.1 Å². The van der Waals surface area contributed by atoms with E-state index in [-0.39, 0.29) is 37.7 Å². The third kappa shape index (κ3) is 29.1. The number of rotatable bonds is 28. The van der Waals surface area contributed by atoms with Gasteiger partial charge in [0.25, 0.3) is 0 Å². The van der Waals surface area contributed by atoms with Gasteiger partial charge in [0.2, 0.25) is 0 Å². The number of esters is 2. The molecule has 0 saturated carbocycles. The molecule has 0 saturated heterocycles. The maximum atomic E-state index is 12.1. The van der Waals surface area contributed by atoms with Gasteiger partial charge in [0.15, 0.2) is 6.10 Å². The number of aliphatic hydroxyl groups is 2. The molecule has 6 nitrogen and oxygen atoms in total. The summed E-state index contributed by atoms with van der Waals surface area (Å²) in [6.45, 7) is 3.72. The van der Waals surface area contributed by atoms with Gasteiger partial charge in [-0.3, -0.25) is 9.59 Å². The number of allylic oxidation sites excluding steroid dienone is 9. The van der Waals surface area contributed by atoms with Crippen molar-refractivity contribution in [3.63, 3.8) is 0 Å². The fraction of sp³-hybridized carbons (Fsp3) is 0.667. The fourth-order valence-corrected chi connectivity index (χ4v) is 4.07. The van der Waals surface area contributed by atoms with E-state index in [2.05, 4.69) is 49.5 Å². The van der Waals surface area contributed by atoms with E-state index in [1.807, 2.05) is 19.1 Å². The lowest BCUT2D eigenvalue weighted by Gasteiger charge is -2.15. The standard InChI is InChI=1S/C36H60O6/c1-3-5-6-7-8-9-17-20-23-26-29-35(39)41-32-34(31-37)42-36(40)30-27-24-21-18-15-13-11-10-12-14-16-19-22-25-28-33(38)4-2/h11-14,18-19,21-22,25,28,33-34,37-38H,3-10,15-17,20,23-24,26-27,29-32H2,1-2H3/b13-11-,14-12-,21-18-,22-19-,28-25+/t33-,34+/m1/s1. The van der Waals surface area contributed by atoms with Gasteiger partial charge < -0.3 is 19.7 Å². The van der Waals surface area contributed by atoms with Crippen molar-refractivity contribution in [3.05, 3.63) is 60.8 Å². The largest absolute Gasteiger partial charge is 0.462 e. The van der Waals surface area contributed by atoms with E-state index >= 15 is 0 Å². The van der Waals surface area contributed by atoms with Crippen LogP contribution in [0.1, 0.15) is 129 Å². The van der Waals surface area contributed by atoms with Crippen LogP contribution < -0.4 is 0 Å². The van der Waals surface area contributed by atoms with Crippen LogP contribution in [0.25, 0.3) is 0 Å². The molecule has 0 aliphatic carbocycles. The number of hydrogen-bond donors (Lipinski definition) is 2. The second kappa shape index (κ2) is 31.5. The summed E-state index contributed by atoms with van der Waals surface area (Å²) in [5.41, 5.74) is 0. The van der Waals surface area contributed by atoms with Crippen molar-refractivity contribution in [1.29, 1.82) is 0 Å². The van der Waals surface area contributed by atoms with Crippen molar-refractivity contribution in [1.82, 2.24) is 0 Å². The molecule has 0 unspecified atom stereocenters. The van der Waals surface area contributed by atoms with Crippen LogP contribution in [0, 0.1) is 0 Å². The molecule has 42 heavy (non-hydrogen) atoms. The molecule has 240 valence electrons. The zero-order chi connectivity index (χ0) is 30.9. The Morgan fingerprint density at radius 2 is 1.21 bits per heavy atom. The molecule has 0 bridgehead atoms. The van der Waals surface area contributed by atoms with Gasteiger partial charge in [-0.1, -0.05) is 132 Å². The summed E-state index contributed by atoms with van der Waals surface area (Å²) in [5, 5.41) is 18.9. The van der Waals surface area contributed by atoms with E-state index in [4.69, 9.17) is 9.47 Å². The van der Waals surface area contributed by atoms with Gasteiger partial charge >= 0.3 is 11.9 Å². The van der Waals surface area contributed by atoms with Crippen molar-refractivity contribution in [3.8, 4) is 0 Å². The van der Waals surface area contributed by atoms with Crippen molar-refractivity contribution < 1.29 is 29.3 Å². The van der Waals surface area contributed by atoms with Gasteiger partial charge in [-0.15, -0.1) is 0 Å². The highest BCUT2D eigenvalue weighted by Gasteiger charge is 2.15. The van der Waals surface area contributed by atoms with E-state index in [0.717, 1.165) is 51.4 Å². The molecule has 0 radical (unpaired) electrons. The van der Waals surface area contributed by atoms with Crippen LogP contribution in [0.15, 0.2) is 60.8 Å². The van der Waals surface area contributed by atoms with Crippen LogP contribution in [-0.4, -0.2) is 47.6 Å². The second-order valence-electron chi connectivity index (χ2n) is 10.7. The Hall–Kier alpha value is -2.44. The van der Waals surface area contributed by atoms with Gasteiger partial charge in [0.1, 0.15) is 6.61 Å². The molecule has 0 aromatic rings. The van der Waals surface area contributed by atoms with E-state index in [0.29, 0.717) is 12.8 Å². The molecule has 6 heteroatoms. The summed E-state index contributed by atoms with van der Waals surface area (Å²) in [5.74, 6) is -0.686. The first-order valence-corrected chi connectivity index (χ1v) is 16.5. The summed E-state index contributed by atoms with van der Waals surface area (Å²) < 4.78 is 10.5. The highest BCUT2D eigenvalue weighted by molar-refractivity contribution is 5.70. The smallest absolute Gasteiger partial charge is 0.306 e. The van der Waals surface area contributed by atoms with Crippen molar-refractivity contribution in [2.45, 2.75) is 142 Å². The first kappa shape index (κ1) is 39.6. The normalized spacial score (nSPS) is 13.7. The summed E-state index contributed by atoms with van der Waals surface area (Å²) in [4.78, 5) is 24.0. The molecular weight excluding hydrogens is 528 g/mol. The Kier molecular flexibility index (Phi) is 29.7. The van der Waals surface area contributed by atoms with E-state index in [1.165, 1.54) is 44.9 Å². The summed E-state index contributed by atoms with van der Waals surface area (Å²) in [6.07, 6.45) is 36.6. The van der Waals surface area contributed by atoms with Gasteiger partial charge in [-0.25, -0.2) is 0 Å². The molecule has 2 atom stereocenters. The molecular formula is C36H60O6. The topological polar surface area (TPSA) is 93.1 Å². The van der Waals surface area contributed by atoms with Crippen LogP contribution in [0.2, 0.25) is 0 Å². The minimum absolute atomic E-state index is 0.0988. The van der Waals surface area contributed by atoms with Gasteiger partial charge in [-0.05, 0) is 44.9 Å². The van der Waals surface area contributed by atoms with E-state index in [1.54, 1.807) is 6.08 Å².